The minimum Gasteiger partial charge on any atom is -0.0842 e. The van der Waals surface area contributed by atoms with Crippen LogP contribution in [0.4, 0.5) is 0 Å². The van der Waals surface area contributed by atoms with Crippen LogP contribution in [0.25, 0.3) is 0 Å². The summed E-state index contributed by atoms with van der Waals surface area (Å²) in [6.07, 6.45) is 27.5. The second-order valence-electron chi connectivity index (χ2n) is 7.79. The summed E-state index contributed by atoms with van der Waals surface area (Å²) in [5.41, 5.74) is 0. The highest BCUT2D eigenvalue weighted by Gasteiger charge is 2.27. The third-order valence-corrected chi connectivity index (χ3v) is 11.8. The largest absolute Gasteiger partial charge is 0.0842 e. The van der Waals surface area contributed by atoms with E-state index in [1.807, 2.05) is 0 Å². The molecule has 3 atom stereocenters. The minimum absolute atomic E-state index is 0.251. The summed E-state index contributed by atoms with van der Waals surface area (Å²) < 4.78 is 0. The molecule has 0 spiro atoms. The van der Waals surface area contributed by atoms with Crippen molar-refractivity contribution >= 4 is 21.1 Å². The quantitative estimate of drug-likeness (QED) is 0.419. The van der Waals surface area contributed by atoms with E-state index in [4.69, 9.17) is 0 Å². The fourth-order valence-corrected chi connectivity index (χ4v) is 11.2. The van der Waals surface area contributed by atoms with Gasteiger partial charge in [-0.1, -0.05) is 91.9 Å². The van der Waals surface area contributed by atoms with Crippen molar-refractivity contribution in [3.63, 3.8) is 0 Å². The summed E-state index contributed by atoms with van der Waals surface area (Å²) in [5, 5.41) is 6.53. The first kappa shape index (κ1) is 19.8. The van der Waals surface area contributed by atoms with Crippen molar-refractivity contribution in [2.24, 2.45) is 5.92 Å². The lowest BCUT2D eigenvalue weighted by molar-refractivity contribution is 0.728. The van der Waals surface area contributed by atoms with Crippen molar-refractivity contribution < 1.29 is 0 Å². The summed E-state index contributed by atoms with van der Waals surface area (Å²) >= 11 is 0. The zero-order valence-corrected chi connectivity index (χ0v) is 18.6. The van der Waals surface area contributed by atoms with Crippen molar-refractivity contribution in [2.45, 2.75) is 39.0 Å². The van der Waals surface area contributed by atoms with Gasteiger partial charge in [-0.2, -0.15) is 0 Å². The molecule has 0 aliphatic heterocycles. The second kappa shape index (κ2) is 9.82. The van der Waals surface area contributed by atoms with E-state index in [1.54, 1.807) is 21.2 Å². The Kier molecular flexibility index (Phi) is 6.95. The van der Waals surface area contributed by atoms with Gasteiger partial charge in [0.2, 0.25) is 0 Å². The van der Waals surface area contributed by atoms with Gasteiger partial charge in [-0.3, -0.25) is 0 Å². The van der Waals surface area contributed by atoms with Crippen LogP contribution in [0.5, 0.6) is 0 Å². The Bertz CT molecular complexity index is 852. The zero-order chi connectivity index (χ0) is 19.2. The highest BCUT2D eigenvalue weighted by Crippen LogP contribution is 2.65. The number of benzene rings is 1. The molecule has 0 radical (unpaired) electrons. The Morgan fingerprint density at radius 2 is 1.75 bits per heavy atom. The first-order chi connectivity index (χ1) is 13.8. The van der Waals surface area contributed by atoms with Gasteiger partial charge in [0.05, 0.1) is 0 Å². The third-order valence-electron chi connectivity index (χ3n) is 5.58. The second-order valence-corrected chi connectivity index (χ2v) is 12.8. The van der Waals surface area contributed by atoms with E-state index >= 15 is 0 Å². The zero-order valence-electron chi connectivity index (χ0n) is 16.8. The van der Waals surface area contributed by atoms with Crippen LogP contribution in [-0.4, -0.2) is 5.90 Å². The Morgan fingerprint density at radius 3 is 2.46 bits per heavy atom. The molecule has 0 fully saturated rings. The van der Waals surface area contributed by atoms with Crippen molar-refractivity contribution in [1.82, 2.24) is 0 Å². The van der Waals surface area contributed by atoms with E-state index in [-0.39, 0.29) is 15.8 Å². The van der Waals surface area contributed by atoms with Crippen LogP contribution in [0.1, 0.15) is 39.0 Å². The highest BCUT2D eigenvalue weighted by atomic mass is 31.2. The van der Waals surface area contributed by atoms with E-state index in [9.17, 15) is 0 Å². The van der Waals surface area contributed by atoms with Crippen molar-refractivity contribution in [1.29, 1.82) is 0 Å². The fourth-order valence-electron chi connectivity index (χ4n) is 4.06. The Labute approximate surface area is 173 Å². The van der Waals surface area contributed by atoms with Gasteiger partial charge in [0.25, 0.3) is 0 Å². The topological polar surface area (TPSA) is 0 Å². The van der Waals surface area contributed by atoms with Gasteiger partial charge in [0, 0.05) is 5.90 Å². The summed E-state index contributed by atoms with van der Waals surface area (Å²) in [5.74, 6) is 1.96. The van der Waals surface area contributed by atoms with Crippen LogP contribution in [0.3, 0.4) is 0 Å². The van der Waals surface area contributed by atoms with Crippen LogP contribution >= 0.6 is 15.8 Å². The van der Waals surface area contributed by atoms with E-state index in [0.717, 1.165) is 0 Å². The molecule has 3 aliphatic carbocycles. The molecule has 0 saturated carbocycles. The van der Waals surface area contributed by atoms with Gasteiger partial charge in [0.1, 0.15) is 0 Å². The maximum absolute atomic E-state index is 2.53. The molecule has 4 rings (SSSR count). The van der Waals surface area contributed by atoms with Crippen molar-refractivity contribution in [3.05, 3.63) is 101 Å². The third kappa shape index (κ3) is 4.92. The average molecular weight is 404 g/mol. The van der Waals surface area contributed by atoms with E-state index < -0.39 is 0 Å². The lowest BCUT2D eigenvalue weighted by atomic mass is 10.0. The highest BCUT2D eigenvalue weighted by molar-refractivity contribution is 7.84. The maximum atomic E-state index is 2.53. The molecule has 0 N–H and O–H groups in total. The van der Waals surface area contributed by atoms with Crippen LogP contribution in [-0.2, 0) is 0 Å². The summed E-state index contributed by atoms with van der Waals surface area (Å²) in [6.45, 7) is 2.35. The molecule has 28 heavy (non-hydrogen) atoms. The Balaban J connectivity index is 1.69. The summed E-state index contributed by atoms with van der Waals surface area (Å²) in [7, 11) is -0.542. The van der Waals surface area contributed by atoms with Crippen LogP contribution in [0, 0.1) is 5.92 Å². The molecule has 0 nitrogen and oxygen atoms in total. The molecule has 1 aromatic carbocycles. The first-order valence-electron chi connectivity index (χ1n) is 10.5. The molecular weight excluding hydrogens is 374 g/mol. The average Bonchev–Trinajstić information content (AvgIpc) is 2.76. The predicted octanol–water partition coefficient (Wildman–Crippen LogP) is 8.18. The molecule has 2 heteroatoms. The molecule has 0 aromatic heterocycles. The van der Waals surface area contributed by atoms with Gasteiger partial charge in [-0.15, -0.1) is 0 Å². The lowest BCUT2D eigenvalue weighted by Gasteiger charge is -2.32. The van der Waals surface area contributed by atoms with E-state index in [1.165, 1.54) is 38.0 Å². The van der Waals surface area contributed by atoms with Crippen LogP contribution in [0.2, 0.25) is 0 Å². The van der Waals surface area contributed by atoms with Gasteiger partial charge >= 0.3 is 0 Å². The molecule has 0 bridgehead atoms. The first-order valence-corrected chi connectivity index (χ1v) is 13.6. The van der Waals surface area contributed by atoms with Crippen molar-refractivity contribution in [2.75, 3.05) is 5.90 Å². The molecule has 1 aromatic rings. The van der Waals surface area contributed by atoms with Crippen LogP contribution < -0.4 is 5.30 Å². The lowest BCUT2D eigenvalue weighted by Crippen LogP contribution is -2.09. The van der Waals surface area contributed by atoms with Gasteiger partial charge in [-0.05, 0) is 75.1 Å². The van der Waals surface area contributed by atoms with Crippen molar-refractivity contribution in [3.8, 4) is 0 Å². The minimum atomic E-state index is -0.291. The summed E-state index contributed by atoms with van der Waals surface area (Å²) in [4.78, 5) is 0. The molecule has 3 unspecified atom stereocenters. The number of hydrogen-bond donors (Lipinski definition) is 0. The van der Waals surface area contributed by atoms with Gasteiger partial charge in [0.15, 0.2) is 0 Å². The molecule has 0 saturated heterocycles. The smallest absolute Gasteiger partial charge is 0.00344 e. The van der Waals surface area contributed by atoms with Gasteiger partial charge < -0.3 is 0 Å². The predicted molar refractivity (Wildman–Crippen MR) is 129 cm³/mol. The Morgan fingerprint density at radius 1 is 0.893 bits per heavy atom. The molecule has 0 amide bonds. The molecule has 3 aliphatic rings. The number of allylic oxidation sites excluding steroid dienone is 12. The molecule has 0 heterocycles. The molecular formula is C26H30P2. The SMILES string of the molecule is CC1C=CC=C(P(CP(C2=CCCC=C2)C2=CC=CCC2)c2ccccc2)C1. The fraction of sp³-hybridized carbons (Fsp3) is 0.308. The summed E-state index contributed by atoms with van der Waals surface area (Å²) in [6, 6.07) is 11.3. The standard InChI is InChI=1S/C26H30P2/c1-22-12-11-19-26(20-22)28(25-17-9-4-10-18-25)21-27(23-13-5-2-6-14-23)24-15-7-3-8-16-24/h2,4-5,7,9-13,15-19,22H,3,6,8,14,20-21H2,1H3. The van der Waals surface area contributed by atoms with E-state index in [0.29, 0.717) is 5.92 Å². The van der Waals surface area contributed by atoms with Crippen LogP contribution in [0.15, 0.2) is 101 Å². The van der Waals surface area contributed by atoms with E-state index in [2.05, 4.69) is 91.9 Å². The monoisotopic (exact) mass is 404 g/mol. The normalized spacial score (nSPS) is 23.6. The van der Waals surface area contributed by atoms with Gasteiger partial charge in [-0.25, -0.2) is 0 Å². The molecule has 144 valence electrons. The Hall–Kier alpha value is -1.48. The number of hydrogen-bond acceptors (Lipinski definition) is 0. The number of rotatable bonds is 6. The maximum Gasteiger partial charge on any atom is 0.00344 e.